The first-order valence-corrected chi connectivity index (χ1v) is 9.98. The molecule has 158 valence electrons. The molecule has 2 atom stereocenters. The van der Waals surface area contributed by atoms with Crippen molar-refractivity contribution < 1.29 is 28.2 Å². The molecule has 30 heavy (non-hydrogen) atoms. The molecule has 0 amide bonds. The molecule has 0 saturated heterocycles. The summed E-state index contributed by atoms with van der Waals surface area (Å²) in [4.78, 5) is 0. The molecule has 0 bridgehead atoms. The molecule has 3 aromatic rings. The fourth-order valence-corrected chi connectivity index (χ4v) is 3.43. The smallest absolute Gasteiger partial charge is 0.135 e. The lowest BCUT2D eigenvalue weighted by Crippen LogP contribution is -2.83. The van der Waals surface area contributed by atoms with Crippen LogP contribution in [0.25, 0.3) is 0 Å². The van der Waals surface area contributed by atoms with Gasteiger partial charge in [0, 0.05) is 34.4 Å². The number of quaternary nitrogens is 2. The highest BCUT2D eigenvalue weighted by Gasteiger charge is 2.16. The lowest BCUT2D eigenvalue weighted by Gasteiger charge is -2.13. The summed E-state index contributed by atoms with van der Waals surface area (Å²) in [6.07, 6.45) is 0. The topological polar surface area (TPSA) is 33.2 Å². The monoisotopic (exact) mass is 418 g/mol. The SMILES string of the molecule is C[C@@H]([NH2+]Cc1ccc(C[NH2+][C@H](C)c2ccc(F)cc2F)cc1)c1ccc(F)cc1F. The van der Waals surface area contributed by atoms with E-state index in [2.05, 4.69) is 0 Å². The van der Waals surface area contributed by atoms with Gasteiger partial charge in [0.15, 0.2) is 0 Å². The van der Waals surface area contributed by atoms with Gasteiger partial charge in [0.05, 0.1) is 0 Å². The Morgan fingerprint density at radius 2 is 0.967 bits per heavy atom. The van der Waals surface area contributed by atoms with Crippen molar-refractivity contribution in [3.05, 3.63) is 106 Å². The first kappa shape index (κ1) is 22.0. The van der Waals surface area contributed by atoms with Gasteiger partial charge in [-0.15, -0.1) is 0 Å². The molecule has 6 heteroatoms. The number of hydrogen-bond acceptors (Lipinski definition) is 0. The Hall–Kier alpha value is -2.70. The predicted molar refractivity (Wildman–Crippen MR) is 107 cm³/mol. The van der Waals surface area contributed by atoms with E-state index in [0.29, 0.717) is 24.2 Å². The van der Waals surface area contributed by atoms with E-state index in [1.165, 1.54) is 24.3 Å². The number of benzene rings is 3. The van der Waals surface area contributed by atoms with E-state index in [9.17, 15) is 17.6 Å². The third kappa shape index (κ3) is 5.68. The second kappa shape index (κ2) is 9.87. The zero-order valence-electron chi connectivity index (χ0n) is 17.0. The van der Waals surface area contributed by atoms with Gasteiger partial charge in [-0.3, -0.25) is 0 Å². The van der Waals surface area contributed by atoms with Gasteiger partial charge in [0.25, 0.3) is 0 Å². The molecule has 0 radical (unpaired) electrons. The minimum Gasteiger partial charge on any atom is -0.336 e. The van der Waals surface area contributed by atoms with Crippen molar-refractivity contribution in [3.63, 3.8) is 0 Å². The molecule has 0 spiro atoms. The van der Waals surface area contributed by atoms with Gasteiger partial charge in [-0.05, 0) is 38.1 Å². The van der Waals surface area contributed by atoms with Gasteiger partial charge < -0.3 is 10.6 Å². The number of rotatable bonds is 8. The van der Waals surface area contributed by atoms with Gasteiger partial charge in [-0.2, -0.15) is 0 Å². The van der Waals surface area contributed by atoms with E-state index in [0.717, 1.165) is 23.3 Å². The maximum absolute atomic E-state index is 13.9. The maximum atomic E-state index is 13.9. The maximum Gasteiger partial charge on any atom is 0.135 e. The Morgan fingerprint density at radius 3 is 1.30 bits per heavy atom. The van der Waals surface area contributed by atoms with Crippen LogP contribution in [0.3, 0.4) is 0 Å². The average molecular weight is 418 g/mol. The second-order valence-corrected chi connectivity index (χ2v) is 7.61. The quantitative estimate of drug-likeness (QED) is 0.521. The van der Waals surface area contributed by atoms with Crippen LogP contribution in [-0.2, 0) is 13.1 Å². The van der Waals surface area contributed by atoms with Gasteiger partial charge in [0.1, 0.15) is 48.4 Å². The molecule has 0 aliphatic carbocycles. The molecule has 0 fully saturated rings. The lowest BCUT2D eigenvalue weighted by molar-refractivity contribution is -0.708. The molecule has 0 aliphatic heterocycles. The lowest BCUT2D eigenvalue weighted by atomic mass is 10.1. The minimum atomic E-state index is -0.577. The Balaban J connectivity index is 1.52. The van der Waals surface area contributed by atoms with Gasteiger partial charge in [-0.25, -0.2) is 17.6 Å². The standard InChI is InChI=1S/C24H24F4N2/c1-15(21-9-7-19(25)11-23(21)27)29-13-17-3-5-18(6-4-17)14-30-16(2)22-10-8-20(26)12-24(22)28/h3-12,15-16,29-30H,13-14H2,1-2H3/p+2/t15-,16-/m1/s1. The third-order valence-electron chi connectivity index (χ3n) is 5.34. The van der Waals surface area contributed by atoms with Gasteiger partial charge >= 0.3 is 0 Å². The zero-order chi connectivity index (χ0) is 21.7. The van der Waals surface area contributed by atoms with Crippen LogP contribution >= 0.6 is 0 Å². The van der Waals surface area contributed by atoms with E-state index >= 15 is 0 Å². The Labute approximate surface area is 173 Å². The fraction of sp³-hybridized carbons (Fsp3) is 0.250. The van der Waals surface area contributed by atoms with E-state index in [4.69, 9.17) is 0 Å². The van der Waals surface area contributed by atoms with Crippen molar-refractivity contribution in [2.75, 3.05) is 0 Å². The highest BCUT2D eigenvalue weighted by atomic mass is 19.1. The molecule has 3 aromatic carbocycles. The largest absolute Gasteiger partial charge is 0.336 e. The van der Waals surface area contributed by atoms with E-state index < -0.39 is 23.3 Å². The highest BCUT2D eigenvalue weighted by molar-refractivity contribution is 5.23. The van der Waals surface area contributed by atoms with E-state index in [1.54, 1.807) is 0 Å². The Kier molecular flexibility index (Phi) is 7.24. The van der Waals surface area contributed by atoms with Crippen molar-refractivity contribution in [2.45, 2.75) is 39.0 Å². The third-order valence-corrected chi connectivity index (χ3v) is 5.34. The predicted octanol–water partition coefficient (Wildman–Crippen LogP) is 3.89. The average Bonchev–Trinajstić information content (AvgIpc) is 2.71. The summed E-state index contributed by atoms with van der Waals surface area (Å²) >= 11 is 0. The molecule has 0 unspecified atom stereocenters. The Morgan fingerprint density at radius 1 is 0.600 bits per heavy atom. The van der Waals surface area contributed by atoms with Crippen LogP contribution in [0.2, 0.25) is 0 Å². The molecule has 0 aliphatic rings. The number of nitrogens with two attached hydrogens (primary N) is 2. The summed E-state index contributed by atoms with van der Waals surface area (Å²) in [7, 11) is 0. The molecule has 3 rings (SSSR count). The Bertz CT molecular complexity index is 908. The summed E-state index contributed by atoms with van der Waals surface area (Å²) in [6.45, 7) is 5.10. The van der Waals surface area contributed by atoms with Crippen LogP contribution in [0.5, 0.6) is 0 Å². The molecule has 0 saturated carbocycles. The van der Waals surface area contributed by atoms with Crippen LogP contribution in [-0.4, -0.2) is 0 Å². The van der Waals surface area contributed by atoms with Crippen LogP contribution in [0.1, 0.15) is 48.2 Å². The molecular weight excluding hydrogens is 392 g/mol. The van der Waals surface area contributed by atoms with Crippen molar-refractivity contribution in [2.24, 2.45) is 0 Å². The summed E-state index contributed by atoms with van der Waals surface area (Å²) < 4.78 is 53.9. The molecular formula is C24H26F4N2+2. The van der Waals surface area contributed by atoms with Crippen molar-refractivity contribution >= 4 is 0 Å². The fourth-order valence-electron chi connectivity index (χ4n) is 3.43. The summed E-state index contributed by atoms with van der Waals surface area (Å²) in [5, 5.41) is 3.99. The molecule has 0 heterocycles. The first-order chi connectivity index (χ1) is 14.3. The van der Waals surface area contributed by atoms with Crippen molar-refractivity contribution in [3.8, 4) is 0 Å². The number of hydrogen-bond donors (Lipinski definition) is 2. The highest BCUT2D eigenvalue weighted by Crippen LogP contribution is 2.16. The van der Waals surface area contributed by atoms with E-state index in [-0.39, 0.29) is 12.1 Å². The molecule has 0 aromatic heterocycles. The number of halogens is 4. The van der Waals surface area contributed by atoms with Crippen LogP contribution in [0, 0.1) is 23.3 Å². The normalized spacial score (nSPS) is 13.3. The van der Waals surface area contributed by atoms with Gasteiger partial charge in [-0.1, -0.05) is 24.3 Å². The summed E-state index contributed by atoms with van der Waals surface area (Å²) in [5.41, 5.74) is 3.13. The van der Waals surface area contributed by atoms with Crippen molar-refractivity contribution in [1.82, 2.24) is 0 Å². The van der Waals surface area contributed by atoms with Gasteiger partial charge in [0.2, 0.25) is 0 Å². The second-order valence-electron chi connectivity index (χ2n) is 7.61. The summed E-state index contributed by atoms with van der Waals surface area (Å²) in [6, 6.07) is 15.1. The zero-order valence-corrected chi connectivity index (χ0v) is 17.0. The van der Waals surface area contributed by atoms with Crippen LogP contribution in [0.4, 0.5) is 17.6 Å². The molecule has 2 nitrogen and oxygen atoms in total. The molecule has 4 N–H and O–H groups in total. The van der Waals surface area contributed by atoms with E-state index in [1.807, 2.05) is 48.7 Å². The minimum absolute atomic E-state index is 0.134. The first-order valence-electron chi connectivity index (χ1n) is 9.98. The van der Waals surface area contributed by atoms with Crippen molar-refractivity contribution in [1.29, 1.82) is 0 Å². The van der Waals surface area contributed by atoms with Crippen LogP contribution in [0.15, 0.2) is 60.7 Å². The summed E-state index contributed by atoms with van der Waals surface area (Å²) in [5.74, 6) is -2.22. The van der Waals surface area contributed by atoms with Crippen LogP contribution < -0.4 is 10.6 Å².